The summed E-state index contributed by atoms with van der Waals surface area (Å²) < 4.78 is 0. The predicted molar refractivity (Wildman–Crippen MR) is 63.1 cm³/mol. The largest absolute Gasteiger partial charge is 0.299 e. The molecule has 2 heterocycles. The van der Waals surface area contributed by atoms with E-state index in [1.807, 2.05) is 6.20 Å². The third kappa shape index (κ3) is 1.91. The molecule has 2 heteroatoms. The molecule has 0 saturated heterocycles. The van der Waals surface area contributed by atoms with Crippen molar-refractivity contribution in [1.29, 1.82) is 0 Å². The van der Waals surface area contributed by atoms with Crippen LogP contribution in [0.25, 0.3) is 0 Å². The van der Waals surface area contributed by atoms with E-state index in [0.29, 0.717) is 12.0 Å². The molecule has 1 unspecified atom stereocenters. The van der Waals surface area contributed by atoms with E-state index < -0.39 is 0 Å². The molecule has 2 rings (SSSR count). The van der Waals surface area contributed by atoms with Crippen LogP contribution < -0.4 is 0 Å². The Labute approximate surface area is 92.3 Å². The Morgan fingerprint density at radius 1 is 1.47 bits per heavy atom. The molecule has 0 N–H and O–H groups in total. The molecule has 0 aliphatic carbocycles. The van der Waals surface area contributed by atoms with Gasteiger partial charge in [0.05, 0.1) is 0 Å². The van der Waals surface area contributed by atoms with Crippen LogP contribution in [0.1, 0.15) is 49.6 Å². The summed E-state index contributed by atoms with van der Waals surface area (Å²) in [6.45, 7) is 7.84. The molecule has 0 saturated carbocycles. The van der Waals surface area contributed by atoms with E-state index in [9.17, 15) is 0 Å². The van der Waals surface area contributed by atoms with Crippen LogP contribution >= 0.6 is 0 Å². The first-order chi connectivity index (χ1) is 7.09. The molecular weight excluding hydrogens is 184 g/mol. The van der Waals surface area contributed by atoms with Gasteiger partial charge in [-0.25, -0.2) is 0 Å². The first-order valence-corrected chi connectivity index (χ1v) is 5.78. The molecule has 15 heavy (non-hydrogen) atoms. The SMILES string of the molecule is CC(C)c1cnc2c(c1)C(C)N(C)CC2. The lowest BCUT2D eigenvalue weighted by Gasteiger charge is -2.31. The number of fused-ring (bicyclic) bond motifs is 1. The lowest BCUT2D eigenvalue weighted by atomic mass is 9.94. The molecule has 0 aromatic carbocycles. The summed E-state index contributed by atoms with van der Waals surface area (Å²) in [5, 5.41) is 0. The second-order valence-corrected chi connectivity index (χ2v) is 4.87. The highest BCUT2D eigenvalue weighted by Crippen LogP contribution is 2.28. The number of hydrogen-bond acceptors (Lipinski definition) is 2. The van der Waals surface area contributed by atoms with Crippen molar-refractivity contribution in [3.8, 4) is 0 Å². The Morgan fingerprint density at radius 2 is 2.20 bits per heavy atom. The fourth-order valence-electron chi connectivity index (χ4n) is 2.13. The number of rotatable bonds is 1. The number of likely N-dealkylation sites (N-methyl/N-ethyl adjacent to an activating group) is 1. The number of hydrogen-bond donors (Lipinski definition) is 0. The zero-order valence-corrected chi connectivity index (χ0v) is 10.1. The van der Waals surface area contributed by atoms with Crippen LogP contribution in [0.15, 0.2) is 12.3 Å². The van der Waals surface area contributed by atoms with Crippen molar-refractivity contribution in [2.24, 2.45) is 0 Å². The van der Waals surface area contributed by atoms with Crippen molar-refractivity contribution < 1.29 is 0 Å². The second kappa shape index (κ2) is 3.93. The average molecular weight is 204 g/mol. The summed E-state index contributed by atoms with van der Waals surface area (Å²) in [5.74, 6) is 0.572. The monoisotopic (exact) mass is 204 g/mol. The molecule has 2 nitrogen and oxygen atoms in total. The highest BCUT2D eigenvalue weighted by molar-refractivity contribution is 5.31. The minimum Gasteiger partial charge on any atom is -0.299 e. The van der Waals surface area contributed by atoms with E-state index in [1.165, 1.54) is 16.8 Å². The van der Waals surface area contributed by atoms with Gasteiger partial charge in [0.15, 0.2) is 0 Å². The summed E-state index contributed by atoms with van der Waals surface area (Å²) in [5.41, 5.74) is 4.08. The van der Waals surface area contributed by atoms with Crippen molar-refractivity contribution in [2.75, 3.05) is 13.6 Å². The van der Waals surface area contributed by atoms with Gasteiger partial charge in [0, 0.05) is 30.9 Å². The van der Waals surface area contributed by atoms with Gasteiger partial charge in [0.2, 0.25) is 0 Å². The van der Waals surface area contributed by atoms with Crippen LogP contribution in [0, 0.1) is 0 Å². The van der Waals surface area contributed by atoms with Gasteiger partial charge in [-0.05, 0) is 31.0 Å². The van der Waals surface area contributed by atoms with Gasteiger partial charge in [-0.3, -0.25) is 9.88 Å². The van der Waals surface area contributed by atoms with Crippen molar-refractivity contribution in [3.05, 3.63) is 29.1 Å². The van der Waals surface area contributed by atoms with Crippen molar-refractivity contribution >= 4 is 0 Å². The van der Waals surface area contributed by atoms with E-state index in [4.69, 9.17) is 0 Å². The second-order valence-electron chi connectivity index (χ2n) is 4.87. The first kappa shape index (κ1) is 10.6. The normalized spacial score (nSPS) is 21.8. The zero-order valence-electron chi connectivity index (χ0n) is 10.1. The smallest absolute Gasteiger partial charge is 0.0464 e. The van der Waals surface area contributed by atoms with Crippen LogP contribution in [-0.2, 0) is 6.42 Å². The highest BCUT2D eigenvalue weighted by Gasteiger charge is 2.22. The summed E-state index contributed by atoms with van der Waals surface area (Å²) in [7, 11) is 2.19. The van der Waals surface area contributed by atoms with E-state index in [2.05, 4.69) is 43.8 Å². The molecule has 1 aromatic heterocycles. The number of pyridine rings is 1. The standard InChI is InChI=1S/C13H20N2/c1-9(2)11-7-12-10(3)15(4)6-5-13(12)14-8-11/h7-10H,5-6H2,1-4H3. The Bertz CT molecular complexity index is 358. The van der Waals surface area contributed by atoms with E-state index >= 15 is 0 Å². The van der Waals surface area contributed by atoms with Crippen molar-refractivity contribution in [3.63, 3.8) is 0 Å². The zero-order chi connectivity index (χ0) is 11.0. The Kier molecular flexibility index (Phi) is 2.79. The number of nitrogens with zero attached hydrogens (tertiary/aromatic N) is 2. The summed E-state index contributed by atoms with van der Waals surface area (Å²) in [6, 6.07) is 2.85. The fourth-order valence-corrected chi connectivity index (χ4v) is 2.13. The molecule has 82 valence electrons. The maximum absolute atomic E-state index is 4.60. The summed E-state index contributed by atoms with van der Waals surface area (Å²) in [6.07, 6.45) is 3.14. The quantitative estimate of drug-likeness (QED) is 0.699. The van der Waals surface area contributed by atoms with Gasteiger partial charge in [-0.2, -0.15) is 0 Å². The van der Waals surface area contributed by atoms with Crippen LogP contribution in [0.4, 0.5) is 0 Å². The average Bonchev–Trinajstić information content (AvgIpc) is 2.23. The van der Waals surface area contributed by atoms with Crippen molar-refractivity contribution in [2.45, 2.75) is 39.2 Å². The molecule has 0 bridgehead atoms. The maximum Gasteiger partial charge on any atom is 0.0464 e. The molecule has 0 fully saturated rings. The van der Waals surface area contributed by atoms with E-state index in [-0.39, 0.29) is 0 Å². The van der Waals surface area contributed by atoms with Crippen LogP contribution in [0.5, 0.6) is 0 Å². The Hall–Kier alpha value is -0.890. The van der Waals surface area contributed by atoms with Crippen LogP contribution in [-0.4, -0.2) is 23.5 Å². The summed E-state index contributed by atoms with van der Waals surface area (Å²) in [4.78, 5) is 7.00. The Balaban J connectivity index is 2.41. The summed E-state index contributed by atoms with van der Waals surface area (Å²) >= 11 is 0. The Morgan fingerprint density at radius 3 is 2.87 bits per heavy atom. The lowest BCUT2D eigenvalue weighted by molar-refractivity contribution is 0.245. The maximum atomic E-state index is 4.60. The molecular formula is C13H20N2. The van der Waals surface area contributed by atoms with Gasteiger partial charge >= 0.3 is 0 Å². The fraction of sp³-hybridized carbons (Fsp3) is 0.615. The molecule has 0 spiro atoms. The van der Waals surface area contributed by atoms with E-state index in [0.717, 1.165) is 13.0 Å². The minimum atomic E-state index is 0.514. The highest BCUT2D eigenvalue weighted by atomic mass is 15.1. The van der Waals surface area contributed by atoms with Crippen LogP contribution in [0.3, 0.4) is 0 Å². The molecule has 0 radical (unpaired) electrons. The predicted octanol–water partition coefficient (Wildman–Crippen LogP) is 2.75. The van der Waals surface area contributed by atoms with Crippen molar-refractivity contribution in [1.82, 2.24) is 9.88 Å². The lowest BCUT2D eigenvalue weighted by Crippen LogP contribution is -2.31. The minimum absolute atomic E-state index is 0.514. The molecule has 1 atom stereocenters. The van der Waals surface area contributed by atoms with Crippen LogP contribution in [0.2, 0.25) is 0 Å². The first-order valence-electron chi connectivity index (χ1n) is 5.78. The third-order valence-corrected chi connectivity index (χ3v) is 3.50. The van der Waals surface area contributed by atoms with Gasteiger partial charge in [0.25, 0.3) is 0 Å². The van der Waals surface area contributed by atoms with E-state index in [1.54, 1.807) is 0 Å². The third-order valence-electron chi connectivity index (χ3n) is 3.50. The number of aromatic nitrogens is 1. The van der Waals surface area contributed by atoms with Gasteiger partial charge in [-0.15, -0.1) is 0 Å². The molecule has 1 aromatic rings. The molecule has 1 aliphatic rings. The van der Waals surface area contributed by atoms with Gasteiger partial charge in [0.1, 0.15) is 0 Å². The topological polar surface area (TPSA) is 16.1 Å². The van der Waals surface area contributed by atoms with Gasteiger partial charge in [-0.1, -0.05) is 19.9 Å². The van der Waals surface area contributed by atoms with Gasteiger partial charge < -0.3 is 0 Å². The molecule has 1 aliphatic heterocycles. The molecule has 0 amide bonds.